The number of halogens is 1. The van der Waals surface area contributed by atoms with Gasteiger partial charge < -0.3 is 9.84 Å². The first kappa shape index (κ1) is 11.9. The van der Waals surface area contributed by atoms with Gasteiger partial charge >= 0.3 is 5.97 Å². The standard InChI is InChI=1S/C13H15FO3/c14-10-3-7-12(8-4-10)17-11-5-1-9(2-6-11)13(15)16/h3-4,7-9,11H,1-2,5-6H2,(H,15,16)/t9-,11+. The molecule has 1 N–H and O–H groups in total. The largest absolute Gasteiger partial charge is 0.490 e. The highest BCUT2D eigenvalue weighted by molar-refractivity contribution is 5.70. The van der Waals surface area contributed by atoms with Crippen LogP contribution in [0.3, 0.4) is 0 Å². The average molecular weight is 238 g/mol. The monoisotopic (exact) mass is 238 g/mol. The van der Waals surface area contributed by atoms with Crippen molar-refractivity contribution in [1.82, 2.24) is 0 Å². The van der Waals surface area contributed by atoms with Gasteiger partial charge in [0, 0.05) is 0 Å². The van der Waals surface area contributed by atoms with Crippen molar-refractivity contribution in [2.45, 2.75) is 31.8 Å². The second-order valence-electron chi connectivity index (χ2n) is 4.38. The number of ether oxygens (including phenoxy) is 1. The molecule has 0 saturated heterocycles. The molecule has 1 aromatic carbocycles. The van der Waals surface area contributed by atoms with Crippen LogP contribution in [0.15, 0.2) is 24.3 Å². The summed E-state index contributed by atoms with van der Waals surface area (Å²) in [6.45, 7) is 0. The van der Waals surface area contributed by atoms with Gasteiger partial charge in [-0.25, -0.2) is 4.39 Å². The summed E-state index contributed by atoms with van der Waals surface area (Å²) in [4.78, 5) is 10.8. The van der Waals surface area contributed by atoms with Crippen molar-refractivity contribution in [2.75, 3.05) is 0 Å². The minimum absolute atomic E-state index is 0.0519. The van der Waals surface area contributed by atoms with E-state index >= 15 is 0 Å². The number of rotatable bonds is 3. The Morgan fingerprint density at radius 3 is 2.29 bits per heavy atom. The number of aliphatic carboxylic acids is 1. The topological polar surface area (TPSA) is 46.5 Å². The summed E-state index contributed by atoms with van der Waals surface area (Å²) in [5.41, 5.74) is 0. The zero-order chi connectivity index (χ0) is 12.3. The molecular formula is C13H15FO3. The maximum atomic E-state index is 12.7. The fourth-order valence-corrected chi connectivity index (χ4v) is 2.13. The summed E-state index contributed by atoms with van der Waals surface area (Å²) >= 11 is 0. The van der Waals surface area contributed by atoms with E-state index in [0.717, 1.165) is 12.8 Å². The lowest BCUT2D eigenvalue weighted by molar-refractivity contribution is -0.143. The van der Waals surface area contributed by atoms with Gasteiger partial charge in [0.2, 0.25) is 0 Å². The van der Waals surface area contributed by atoms with Crippen LogP contribution in [0.5, 0.6) is 5.75 Å². The van der Waals surface area contributed by atoms with Gasteiger partial charge in [-0.2, -0.15) is 0 Å². The van der Waals surface area contributed by atoms with E-state index in [1.807, 2.05) is 0 Å². The molecule has 1 aromatic rings. The van der Waals surface area contributed by atoms with Crippen LogP contribution in [0.2, 0.25) is 0 Å². The van der Waals surface area contributed by atoms with Crippen LogP contribution in [0, 0.1) is 11.7 Å². The second kappa shape index (κ2) is 5.17. The molecule has 0 aliphatic heterocycles. The van der Waals surface area contributed by atoms with E-state index in [-0.39, 0.29) is 17.8 Å². The van der Waals surface area contributed by atoms with Gasteiger partial charge in [-0.05, 0) is 49.9 Å². The molecule has 3 nitrogen and oxygen atoms in total. The van der Waals surface area contributed by atoms with Crippen LogP contribution in [0.4, 0.5) is 4.39 Å². The number of carboxylic acids is 1. The van der Waals surface area contributed by atoms with Crippen molar-refractivity contribution in [2.24, 2.45) is 5.92 Å². The Labute approximate surface area is 99.2 Å². The Kier molecular flexibility index (Phi) is 3.61. The smallest absolute Gasteiger partial charge is 0.306 e. The quantitative estimate of drug-likeness (QED) is 0.880. The summed E-state index contributed by atoms with van der Waals surface area (Å²) < 4.78 is 18.4. The third-order valence-electron chi connectivity index (χ3n) is 3.14. The summed E-state index contributed by atoms with van der Waals surface area (Å²) in [7, 11) is 0. The van der Waals surface area contributed by atoms with Gasteiger partial charge in [-0.15, -0.1) is 0 Å². The van der Waals surface area contributed by atoms with E-state index in [2.05, 4.69) is 0 Å². The highest BCUT2D eigenvalue weighted by Crippen LogP contribution is 2.27. The molecule has 0 amide bonds. The van der Waals surface area contributed by atoms with Crippen molar-refractivity contribution in [3.05, 3.63) is 30.1 Å². The van der Waals surface area contributed by atoms with Crippen LogP contribution < -0.4 is 4.74 Å². The first-order valence-electron chi connectivity index (χ1n) is 5.80. The lowest BCUT2D eigenvalue weighted by Crippen LogP contribution is -2.27. The molecule has 0 bridgehead atoms. The van der Waals surface area contributed by atoms with Crippen molar-refractivity contribution in [3.63, 3.8) is 0 Å². The molecule has 0 atom stereocenters. The first-order valence-corrected chi connectivity index (χ1v) is 5.80. The van der Waals surface area contributed by atoms with Crippen molar-refractivity contribution < 1.29 is 19.0 Å². The van der Waals surface area contributed by atoms with Crippen molar-refractivity contribution >= 4 is 5.97 Å². The van der Waals surface area contributed by atoms with Gasteiger partial charge in [-0.3, -0.25) is 4.79 Å². The minimum atomic E-state index is -0.717. The van der Waals surface area contributed by atoms with E-state index in [9.17, 15) is 9.18 Å². The number of carboxylic acid groups (broad SMARTS) is 1. The fourth-order valence-electron chi connectivity index (χ4n) is 2.13. The summed E-state index contributed by atoms with van der Waals surface area (Å²) in [6, 6.07) is 5.91. The number of carbonyl (C=O) groups is 1. The molecule has 0 aromatic heterocycles. The van der Waals surface area contributed by atoms with E-state index in [0.29, 0.717) is 18.6 Å². The van der Waals surface area contributed by atoms with Crippen LogP contribution in [0.1, 0.15) is 25.7 Å². The molecule has 1 saturated carbocycles. The van der Waals surface area contributed by atoms with Gasteiger partial charge in [0.1, 0.15) is 11.6 Å². The lowest BCUT2D eigenvalue weighted by Gasteiger charge is -2.26. The van der Waals surface area contributed by atoms with E-state index in [1.165, 1.54) is 12.1 Å². The third-order valence-corrected chi connectivity index (χ3v) is 3.14. The van der Waals surface area contributed by atoms with Gasteiger partial charge in [0.05, 0.1) is 12.0 Å². The molecule has 0 radical (unpaired) electrons. The van der Waals surface area contributed by atoms with Crippen LogP contribution in [-0.4, -0.2) is 17.2 Å². The molecule has 92 valence electrons. The van der Waals surface area contributed by atoms with E-state index in [1.54, 1.807) is 12.1 Å². The number of hydrogen-bond donors (Lipinski definition) is 1. The maximum absolute atomic E-state index is 12.7. The summed E-state index contributed by atoms with van der Waals surface area (Å²) in [5, 5.41) is 8.86. The summed E-state index contributed by atoms with van der Waals surface area (Å²) in [5.74, 6) is -0.592. The van der Waals surface area contributed by atoms with Crippen LogP contribution in [0.25, 0.3) is 0 Å². The molecule has 0 unspecified atom stereocenters. The van der Waals surface area contributed by atoms with Gasteiger partial charge in [-0.1, -0.05) is 0 Å². The average Bonchev–Trinajstić information content (AvgIpc) is 2.33. The van der Waals surface area contributed by atoms with E-state index in [4.69, 9.17) is 9.84 Å². The lowest BCUT2D eigenvalue weighted by atomic mass is 9.87. The predicted molar refractivity (Wildman–Crippen MR) is 60.4 cm³/mol. The highest BCUT2D eigenvalue weighted by Gasteiger charge is 2.26. The molecule has 1 aliphatic carbocycles. The number of hydrogen-bond acceptors (Lipinski definition) is 2. The molecule has 1 fully saturated rings. The molecule has 2 rings (SSSR count). The van der Waals surface area contributed by atoms with Crippen LogP contribution in [-0.2, 0) is 4.79 Å². The number of benzene rings is 1. The first-order chi connectivity index (χ1) is 8.15. The zero-order valence-electron chi connectivity index (χ0n) is 9.43. The Hall–Kier alpha value is -1.58. The van der Waals surface area contributed by atoms with E-state index < -0.39 is 5.97 Å². The molecule has 0 spiro atoms. The van der Waals surface area contributed by atoms with Gasteiger partial charge in [0.25, 0.3) is 0 Å². The Bertz CT molecular complexity index is 380. The van der Waals surface area contributed by atoms with Crippen LogP contribution >= 0.6 is 0 Å². The molecular weight excluding hydrogens is 223 g/mol. The zero-order valence-corrected chi connectivity index (χ0v) is 9.43. The molecule has 0 heterocycles. The van der Waals surface area contributed by atoms with Gasteiger partial charge in [0.15, 0.2) is 0 Å². The minimum Gasteiger partial charge on any atom is -0.490 e. The molecule has 17 heavy (non-hydrogen) atoms. The highest BCUT2D eigenvalue weighted by atomic mass is 19.1. The Balaban J connectivity index is 1.85. The third kappa shape index (κ3) is 3.19. The van der Waals surface area contributed by atoms with Crippen molar-refractivity contribution in [3.8, 4) is 5.75 Å². The maximum Gasteiger partial charge on any atom is 0.306 e. The summed E-state index contributed by atoms with van der Waals surface area (Å²) in [6.07, 6.45) is 2.85. The Morgan fingerprint density at radius 1 is 1.18 bits per heavy atom. The molecule has 1 aliphatic rings. The normalized spacial score (nSPS) is 24.3. The predicted octanol–water partition coefficient (Wildman–Crippen LogP) is 2.85. The Morgan fingerprint density at radius 2 is 1.76 bits per heavy atom. The fraction of sp³-hybridized carbons (Fsp3) is 0.462. The molecule has 4 heteroatoms. The SMILES string of the molecule is O=C(O)[C@H]1CC[C@@H](Oc2ccc(F)cc2)CC1. The second-order valence-corrected chi connectivity index (χ2v) is 4.38. The van der Waals surface area contributed by atoms with Crippen molar-refractivity contribution in [1.29, 1.82) is 0 Å².